The number of benzene rings is 1. The van der Waals surface area contributed by atoms with Crippen LogP contribution in [0.2, 0.25) is 0 Å². The van der Waals surface area contributed by atoms with E-state index in [1.165, 1.54) is 5.56 Å². The van der Waals surface area contributed by atoms with Gasteiger partial charge in [0.2, 0.25) is 0 Å². The van der Waals surface area contributed by atoms with E-state index in [4.69, 9.17) is 4.74 Å². The van der Waals surface area contributed by atoms with Gasteiger partial charge in [0.1, 0.15) is 12.2 Å². The minimum Gasteiger partial charge on any atom is -0.394 e. The highest BCUT2D eigenvalue weighted by atomic mass is 16.5. The smallest absolute Gasteiger partial charge is 0.315 e. The highest BCUT2D eigenvalue weighted by Crippen LogP contribution is 2.25. The number of hydrogen-bond donors (Lipinski definition) is 4. The van der Waals surface area contributed by atoms with Crippen LogP contribution in [-0.4, -0.2) is 78.3 Å². The Bertz CT molecular complexity index is 555. The van der Waals surface area contributed by atoms with Crippen LogP contribution < -0.4 is 10.6 Å². The molecule has 4 atom stereocenters. The lowest BCUT2D eigenvalue weighted by Gasteiger charge is -2.30. The number of likely N-dealkylation sites (N-methyl/N-ethyl adjacent to an activating group) is 1. The molecule has 1 fully saturated rings. The van der Waals surface area contributed by atoms with Gasteiger partial charge in [0.25, 0.3) is 0 Å². The van der Waals surface area contributed by atoms with E-state index in [9.17, 15) is 15.0 Å². The summed E-state index contributed by atoms with van der Waals surface area (Å²) in [6.45, 7) is 4.53. The van der Waals surface area contributed by atoms with Crippen molar-refractivity contribution in [2.75, 3.05) is 26.7 Å². The first-order valence-electron chi connectivity index (χ1n) is 9.15. The van der Waals surface area contributed by atoms with E-state index < -0.39 is 12.2 Å². The summed E-state index contributed by atoms with van der Waals surface area (Å²) in [4.78, 5) is 13.9. The van der Waals surface area contributed by atoms with Crippen molar-refractivity contribution in [1.29, 1.82) is 0 Å². The Kier molecular flexibility index (Phi) is 7.84. The predicted octanol–water partition coefficient (Wildman–Crippen LogP) is 0.358. The molecule has 7 nitrogen and oxygen atoms in total. The number of aliphatic hydroxyl groups excluding tert-OH is 2. The molecular formula is C19H31N3O4. The van der Waals surface area contributed by atoms with E-state index in [2.05, 4.69) is 22.8 Å². The molecule has 1 aliphatic heterocycles. The van der Waals surface area contributed by atoms with E-state index in [0.29, 0.717) is 0 Å². The third kappa shape index (κ3) is 5.67. The molecule has 0 unspecified atom stereocenters. The molecule has 146 valence electrons. The van der Waals surface area contributed by atoms with Crippen LogP contribution in [0.5, 0.6) is 0 Å². The van der Waals surface area contributed by atoms with Gasteiger partial charge in [-0.2, -0.15) is 0 Å². The first kappa shape index (κ1) is 20.6. The summed E-state index contributed by atoms with van der Waals surface area (Å²) in [5.74, 6) is 0. The number of amides is 2. The number of nitrogens with zero attached hydrogens (tertiary/aromatic N) is 1. The molecule has 0 saturated carbocycles. The third-order valence-corrected chi connectivity index (χ3v) is 4.63. The Morgan fingerprint density at radius 1 is 1.27 bits per heavy atom. The maximum absolute atomic E-state index is 11.8. The van der Waals surface area contributed by atoms with E-state index in [1.54, 1.807) is 0 Å². The normalized spacial score (nSPS) is 25.7. The van der Waals surface area contributed by atoms with Crippen molar-refractivity contribution in [2.24, 2.45) is 0 Å². The molecule has 2 amide bonds. The molecule has 1 aromatic rings. The van der Waals surface area contributed by atoms with Crippen molar-refractivity contribution >= 4 is 6.03 Å². The Hall–Kier alpha value is -1.67. The van der Waals surface area contributed by atoms with Gasteiger partial charge in [0.05, 0.1) is 18.8 Å². The fraction of sp³-hybridized carbons (Fsp3) is 0.632. The fourth-order valence-electron chi connectivity index (χ4n) is 3.30. The lowest BCUT2D eigenvalue weighted by atomic mass is 10.0. The summed E-state index contributed by atoms with van der Waals surface area (Å²) >= 11 is 0. The molecule has 1 aliphatic rings. The quantitative estimate of drug-likeness (QED) is 0.534. The Labute approximate surface area is 155 Å². The lowest BCUT2D eigenvalue weighted by Crippen LogP contribution is -2.51. The summed E-state index contributed by atoms with van der Waals surface area (Å²) in [5.41, 5.74) is 1.22. The highest BCUT2D eigenvalue weighted by Gasteiger charge is 2.45. The van der Waals surface area contributed by atoms with Crippen LogP contribution in [0, 0.1) is 0 Å². The molecule has 2 rings (SSSR count). The second-order valence-corrected chi connectivity index (χ2v) is 7.10. The number of urea groups is 1. The Balaban J connectivity index is 1.95. The fourth-order valence-corrected chi connectivity index (χ4v) is 3.30. The van der Waals surface area contributed by atoms with Crippen LogP contribution in [0.1, 0.15) is 19.4 Å². The molecule has 7 heteroatoms. The van der Waals surface area contributed by atoms with E-state index in [1.807, 2.05) is 44.0 Å². The summed E-state index contributed by atoms with van der Waals surface area (Å²) in [6.07, 6.45) is -0.987. The number of rotatable bonds is 8. The van der Waals surface area contributed by atoms with Gasteiger partial charge < -0.3 is 25.6 Å². The van der Waals surface area contributed by atoms with Crippen LogP contribution in [0.4, 0.5) is 4.79 Å². The minimum absolute atomic E-state index is 0.0413. The number of aliphatic hydroxyl groups is 2. The van der Waals surface area contributed by atoms with E-state index in [0.717, 1.165) is 13.0 Å². The monoisotopic (exact) mass is 365 g/mol. The maximum atomic E-state index is 11.8. The van der Waals surface area contributed by atoms with Gasteiger partial charge in [0.15, 0.2) is 0 Å². The van der Waals surface area contributed by atoms with Gasteiger partial charge in [-0.15, -0.1) is 0 Å². The van der Waals surface area contributed by atoms with Crippen molar-refractivity contribution in [3.63, 3.8) is 0 Å². The molecule has 0 bridgehead atoms. The second kappa shape index (κ2) is 9.87. The van der Waals surface area contributed by atoms with Gasteiger partial charge in [-0.1, -0.05) is 30.3 Å². The zero-order chi connectivity index (χ0) is 19.1. The van der Waals surface area contributed by atoms with Gasteiger partial charge in [-0.3, -0.25) is 4.90 Å². The maximum Gasteiger partial charge on any atom is 0.315 e. The van der Waals surface area contributed by atoms with Crippen LogP contribution in [0.25, 0.3) is 0 Å². The average molecular weight is 365 g/mol. The zero-order valence-corrected chi connectivity index (χ0v) is 15.8. The highest BCUT2D eigenvalue weighted by molar-refractivity contribution is 5.74. The van der Waals surface area contributed by atoms with Gasteiger partial charge in [-0.05, 0) is 32.9 Å². The second-order valence-electron chi connectivity index (χ2n) is 7.10. The lowest BCUT2D eigenvalue weighted by molar-refractivity contribution is -0.0206. The average Bonchev–Trinajstić information content (AvgIpc) is 2.94. The molecule has 1 saturated heterocycles. The van der Waals surface area contributed by atoms with Gasteiger partial charge in [0, 0.05) is 19.1 Å². The molecule has 0 radical (unpaired) electrons. The topological polar surface area (TPSA) is 94.1 Å². The number of carbonyl (C=O) groups is 1. The van der Waals surface area contributed by atoms with Crippen LogP contribution >= 0.6 is 0 Å². The standard InChI is InChI=1S/C19H31N3O4/c1-13(2)21-19(25)20-11-15-17(18(24)16(12-23)26-15)22(3)10-9-14-7-5-4-6-8-14/h4-8,13,15-18,23-24H,9-12H2,1-3H3,(H2,20,21,25)/t15-,16+,17+,18-/m1/s1. The first-order valence-corrected chi connectivity index (χ1v) is 9.15. The molecule has 0 spiro atoms. The third-order valence-electron chi connectivity index (χ3n) is 4.63. The predicted molar refractivity (Wildman–Crippen MR) is 100.0 cm³/mol. The molecule has 0 aromatic heterocycles. The van der Waals surface area contributed by atoms with Gasteiger partial charge >= 0.3 is 6.03 Å². The van der Waals surface area contributed by atoms with Gasteiger partial charge in [-0.25, -0.2) is 4.79 Å². The van der Waals surface area contributed by atoms with Crippen LogP contribution in [-0.2, 0) is 11.2 Å². The van der Waals surface area contributed by atoms with Crippen molar-refractivity contribution in [3.05, 3.63) is 35.9 Å². The van der Waals surface area contributed by atoms with Crippen LogP contribution in [0.3, 0.4) is 0 Å². The molecule has 1 aromatic carbocycles. The van der Waals surface area contributed by atoms with Crippen molar-refractivity contribution in [3.8, 4) is 0 Å². The summed E-state index contributed by atoms with van der Waals surface area (Å²) < 4.78 is 5.78. The van der Waals surface area contributed by atoms with Crippen molar-refractivity contribution < 1.29 is 19.7 Å². The number of nitrogens with one attached hydrogen (secondary N) is 2. The molecule has 1 heterocycles. The number of hydrogen-bond acceptors (Lipinski definition) is 5. The minimum atomic E-state index is -0.805. The SMILES string of the molecule is CC(C)NC(=O)NC[C@H]1O[C@@H](CO)[C@@H](O)[C@H]1N(C)CCc1ccccc1. The molecule has 4 N–H and O–H groups in total. The first-order chi connectivity index (χ1) is 12.4. The molecular weight excluding hydrogens is 334 g/mol. The van der Waals surface area contributed by atoms with E-state index in [-0.39, 0.29) is 37.4 Å². The largest absolute Gasteiger partial charge is 0.394 e. The van der Waals surface area contributed by atoms with E-state index >= 15 is 0 Å². The number of carbonyl (C=O) groups excluding carboxylic acids is 1. The Morgan fingerprint density at radius 2 is 1.96 bits per heavy atom. The molecule has 26 heavy (non-hydrogen) atoms. The van der Waals surface area contributed by atoms with Crippen LogP contribution in [0.15, 0.2) is 30.3 Å². The number of ether oxygens (including phenoxy) is 1. The van der Waals surface area contributed by atoms with Crippen molar-refractivity contribution in [2.45, 2.75) is 50.7 Å². The zero-order valence-electron chi connectivity index (χ0n) is 15.8. The van der Waals surface area contributed by atoms with Crippen molar-refractivity contribution in [1.82, 2.24) is 15.5 Å². The summed E-state index contributed by atoms with van der Waals surface area (Å²) in [6, 6.07) is 9.61. The summed E-state index contributed by atoms with van der Waals surface area (Å²) in [7, 11) is 1.93. The Morgan fingerprint density at radius 3 is 2.58 bits per heavy atom. The molecule has 0 aliphatic carbocycles. The summed E-state index contributed by atoms with van der Waals surface area (Å²) in [5, 5.41) is 25.5.